The van der Waals surface area contributed by atoms with Crippen molar-refractivity contribution in [3.8, 4) is 0 Å². The van der Waals surface area contributed by atoms with Gasteiger partial charge < -0.3 is 11.1 Å². The molecule has 3 N–H and O–H groups in total. The van der Waals surface area contributed by atoms with Gasteiger partial charge in [-0.3, -0.25) is 4.68 Å². The van der Waals surface area contributed by atoms with Crippen molar-refractivity contribution in [2.75, 3.05) is 18.4 Å². The van der Waals surface area contributed by atoms with E-state index in [9.17, 15) is 0 Å². The molecule has 1 aliphatic carbocycles. The van der Waals surface area contributed by atoms with Crippen LogP contribution < -0.4 is 11.1 Å². The van der Waals surface area contributed by atoms with Gasteiger partial charge in [0.25, 0.3) is 0 Å². The Bertz CT molecular complexity index is 584. The first-order chi connectivity index (χ1) is 9.74. The molecule has 1 saturated carbocycles. The molecule has 108 valence electrons. The third kappa shape index (κ3) is 2.35. The van der Waals surface area contributed by atoms with Gasteiger partial charge in [0.2, 0.25) is 0 Å². The molecule has 0 aromatic carbocycles. The number of rotatable bonds is 4. The highest BCUT2D eigenvalue weighted by Crippen LogP contribution is 2.35. The van der Waals surface area contributed by atoms with E-state index < -0.39 is 0 Å². The van der Waals surface area contributed by atoms with Crippen molar-refractivity contribution < 1.29 is 0 Å². The molecule has 2 aromatic heterocycles. The lowest BCUT2D eigenvalue weighted by atomic mass is 9.74. The molecular formula is C14H22N6. The molecule has 0 atom stereocenters. The standard InChI is InChI=1S/C14H22N6/c1-20-13-11(7-19-20)12(17-10-18-13)16-9-14(8-15)5-3-2-4-6-14/h7,10H,2-6,8-9,15H2,1H3,(H,16,17,18). The maximum atomic E-state index is 6.03. The lowest BCUT2D eigenvalue weighted by Crippen LogP contribution is -2.39. The lowest BCUT2D eigenvalue weighted by molar-refractivity contribution is 0.215. The van der Waals surface area contributed by atoms with Gasteiger partial charge in [-0.15, -0.1) is 0 Å². The van der Waals surface area contributed by atoms with E-state index in [1.807, 2.05) is 13.2 Å². The SMILES string of the molecule is Cn1ncc2c(NCC3(CN)CCCCC3)ncnc21. The number of fused-ring (bicyclic) bond motifs is 1. The number of nitrogens with zero attached hydrogens (tertiary/aromatic N) is 4. The maximum absolute atomic E-state index is 6.03. The zero-order valence-electron chi connectivity index (χ0n) is 12.0. The van der Waals surface area contributed by atoms with Gasteiger partial charge in [-0.05, 0) is 24.8 Å². The third-order valence-electron chi connectivity index (χ3n) is 4.51. The quantitative estimate of drug-likeness (QED) is 0.886. The molecule has 0 radical (unpaired) electrons. The molecule has 2 aromatic rings. The molecular weight excluding hydrogens is 252 g/mol. The molecule has 1 fully saturated rings. The molecule has 2 heterocycles. The Labute approximate surface area is 118 Å². The van der Waals surface area contributed by atoms with Gasteiger partial charge in [-0.25, -0.2) is 9.97 Å². The summed E-state index contributed by atoms with van der Waals surface area (Å²) >= 11 is 0. The molecule has 0 aliphatic heterocycles. The van der Waals surface area contributed by atoms with Crippen molar-refractivity contribution in [2.24, 2.45) is 18.2 Å². The van der Waals surface area contributed by atoms with Crippen LogP contribution in [-0.4, -0.2) is 32.8 Å². The molecule has 0 spiro atoms. The molecule has 6 nitrogen and oxygen atoms in total. The predicted molar refractivity (Wildman–Crippen MR) is 79.4 cm³/mol. The Morgan fingerprint density at radius 1 is 1.30 bits per heavy atom. The molecule has 0 bridgehead atoms. The molecule has 0 unspecified atom stereocenters. The van der Waals surface area contributed by atoms with Crippen LogP contribution >= 0.6 is 0 Å². The van der Waals surface area contributed by atoms with Gasteiger partial charge >= 0.3 is 0 Å². The fraction of sp³-hybridized carbons (Fsp3) is 0.643. The Balaban J connectivity index is 1.79. The van der Waals surface area contributed by atoms with Crippen LogP contribution in [-0.2, 0) is 7.05 Å². The summed E-state index contributed by atoms with van der Waals surface area (Å²) in [5, 5.41) is 8.69. The maximum Gasteiger partial charge on any atom is 0.163 e. The molecule has 6 heteroatoms. The molecule has 20 heavy (non-hydrogen) atoms. The number of hydrogen-bond acceptors (Lipinski definition) is 5. The largest absolute Gasteiger partial charge is 0.369 e. The van der Waals surface area contributed by atoms with E-state index in [1.165, 1.54) is 32.1 Å². The summed E-state index contributed by atoms with van der Waals surface area (Å²) < 4.78 is 1.77. The highest BCUT2D eigenvalue weighted by atomic mass is 15.3. The number of aromatic nitrogens is 4. The van der Waals surface area contributed by atoms with Gasteiger partial charge in [-0.1, -0.05) is 19.3 Å². The number of hydrogen-bond donors (Lipinski definition) is 2. The summed E-state index contributed by atoms with van der Waals surface area (Å²) in [6, 6.07) is 0. The van der Waals surface area contributed by atoms with Crippen LogP contribution in [0.3, 0.4) is 0 Å². The number of aryl methyl sites for hydroxylation is 1. The second-order valence-corrected chi connectivity index (χ2v) is 5.85. The average molecular weight is 274 g/mol. The fourth-order valence-corrected chi connectivity index (χ4v) is 3.13. The van der Waals surface area contributed by atoms with Gasteiger partial charge in [0.05, 0.1) is 11.6 Å². The third-order valence-corrected chi connectivity index (χ3v) is 4.51. The van der Waals surface area contributed by atoms with E-state index in [2.05, 4.69) is 20.4 Å². The van der Waals surface area contributed by atoms with Crippen molar-refractivity contribution >= 4 is 16.9 Å². The van der Waals surface area contributed by atoms with E-state index in [-0.39, 0.29) is 5.41 Å². The van der Waals surface area contributed by atoms with Gasteiger partial charge in [0.1, 0.15) is 12.1 Å². The normalized spacial score (nSPS) is 18.3. The van der Waals surface area contributed by atoms with Crippen LogP contribution in [0.15, 0.2) is 12.5 Å². The smallest absolute Gasteiger partial charge is 0.163 e. The minimum absolute atomic E-state index is 0.220. The van der Waals surface area contributed by atoms with E-state index >= 15 is 0 Å². The van der Waals surface area contributed by atoms with Crippen LogP contribution in [0.5, 0.6) is 0 Å². The second kappa shape index (κ2) is 5.36. The molecule has 0 saturated heterocycles. The summed E-state index contributed by atoms with van der Waals surface area (Å²) in [5.74, 6) is 0.862. The number of nitrogens with two attached hydrogens (primary N) is 1. The predicted octanol–water partition coefficient (Wildman–Crippen LogP) is 1.68. The van der Waals surface area contributed by atoms with Crippen molar-refractivity contribution in [1.29, 1.82) is 0 Å². The first-order valence-corrected chi connectivity index (χ1v) is 7.31. The van der Waals surface area contributed by atoms with E-state index in [0.29, 0.717) is 0 Å². The van der Waals surface area contributed by atoms with Gasteiger partial charge in [0, 0.05) is 13.6 Å². The Hall–Kier alpha value is -1.69. The monoisotopic (exact) mass is 274 g/mol. The highest BCUT2D eigenvalue weighted by Gasteiger charge is 2.30. The van der Waals surface area contributed by atoms with Crippen molar-refractivity contribution in [2.45, 2.75) is 32.1 Å². The zero-order valence-corrected chi connectivity index (χ0v) is 12.0. The number of anilines is 1. The summed E-state index contributed by atoms with van der Waals surface area (Å²) in [4.78, 5) is 8.61. The number of nitrogens with one attached hydrogen (secondary N) is 1. The lowest BCUT2D eigenvalue weighted by Gasteiger charge is -2.36. The van der Waals surface area contributed by atoms with Crippen molar-refractivity contribution in [1.82, 2.24) is 19.7 Å². The minimum atomic E-state index is 0.220. The van der Waals surface area contributed by atoms with E-state index in [4.69, 9.17) is 5.73 Å². The summed E-state index contributed by atoms with van der Waals surface area (Å²) in [6.07, 6.45) is 9.71. The van der Waals surface area contributed by atoms with Crippen LogP contribution in [0.2, 0.25) is 0 Å². The fourth-order valence-electron chi connectivity index (χ4n) is 3.13. The first-order valence-electron chi connectivity index (χ1n) is 7.31. The van der Waals surface area contributed by atoms with Crippen LogP contribution in [0, 0.1) is 5.41 Å². The van der Waals surface area contributed by atoms with E-state index in [1.54, 1.807) is 11.0 Å². The van der Waals surface area contributed by atoms with Gasteiger partial charge in [0.15, 0.2) is 5.65 Å². The summed E-state index contributed by atoms with van der Waals surface area (Å²) in [6.45, 7) is 1.62. The molecule has 1 aliphatic rings. The van der Waals surface area contributed by atoms with Crippen LogP contribution in [0.1, 0.15) is 32.1 Å². The van der Waals surface area contributed by atoms with E-state index in [0.717, 1.165) is 29.9 Å². The Morgan fingerprint density at radius 3 is 2.85 bits per heavy atom. The topological polar surface area (TPSA) is 81.7 Å². The summed E-state index contributed by atoms with van der Waals surface area (Å²) in [5.41, 5.74) is 7.10. The van der Waals surface area contributed by atoms with Crippen molar-refractivity contribution in [3.63, 3.8) is 0 Å². The minimum Gasteiger partial charge on any atom is -0.369 e. The Kier molecular flexibility index (Phi) is 3.56. The van der Waals surface area contributed by atoms with Gasteiger partial charge in [-0.2, -0.15) is 5.10 Å². The molecule has 0 amide bonds. The zero-order chi connectivity index (χ0) is 14.0. The van der Waals surface area contributed by atoms with Crippen LogP contribution in [0.25, 0.3) is 11.0 Å². The summed E-state index contributed by atoms with van der Waals surface area (Å²) in [7, 11) is 1.89. The highest BCUT2D eigenvalue weighted by molar-refractivity contribution is 5.85. The van der Waals surface area contributed by atoms with Crippen LogP contribution in [0.4, 0.5) is 5.82 Å². The first kappa shape index (κ1) is 13.3. The Morgan fingerprint density at radius 2 is 2.10 bits per heavy atom. The second-order valence-electron chi connectivity index (χ2n) is 5.85. The molecule has 3 rings (SSSR count). The van der Waals surface area contributed by atoms with Crippen molar-refractivity contribution in [3.05, 3.63) is 12.5 Å². The average Bonchev–Trinajstić information content (AvgIpc) is 2.88.